The minimum atomic E-state index is -0.0789. The molecule has 0 saturated heterocycles. The van der Waals surface area contributed by atoms with Crippen molar-refractivity contribution in [1.29, 1.82) is 0 Å². The van der Waals surface area contributed by atoms with Gasteiger partial charge in [0.25, 0.3) is 5.91 Å². The smallest absolute Gasteiger partial charge is 0.260 e. The lowest BCUT2D eigenvalue weighted by Crippen LogP contribution is -2.31. The van der Waals surface area contributed by atoms with E-state index in [1.54, 1.807) is 11.9 Å². The summed E-state index contributed by atoms with van der Waals surface area (Å²) in [6.45, 7) is 8.11. The molecule has 1 heterocycles. The molecule has 0 aromatic heterocycles. The number of amides is 1. The monoisotopic (exact) mass is 369 g/mol. The van der Waals surface area contributed by atoms with Crippen LogP contribution >= 0.6 is 0 Å². The number of hydrogen-bond acceptors (Lipinski definition) is 4. The van der Waals surface area contributed by atoms with Crippen LogP contribution in [0.4, 0.5) is 0 Å². The minimum absolute atomic E-state index is 0.00984. The summed E-state index contributed by atoms with van der Waals surface area (Å²) >= 11 is 0. The van der Waals surface area contributed by atoms with Crippen molar-refractivity contribution in [1.82, 2.24) is 4.90 Å². The van der Waals surface area contributed by atoms with Gasteiger partial charge >= 0.3 is 0 Å². The van der Waals surface area contributed by atoms with Crippen LogP contribution in [-0.4, -0.2) is 37.7 Å². The lowest BCUT2D eigenvalue weighted by molar-refractivity contribution is -0.132. The molecule has 0 bridgehead atoms. The van der Waals surface area contributed by atoms with Gasteiger partial charge in [0.15, 0.2) is 18.1 Å². The van der Waals surface area contributed by atoms with Gasteiger partial charge in [-0.2, -0.15) is 0 Å². The van der Waals surface area contributed by atoms with E-state index in [-0.39, 0.29) is 17.9 Å². The first-order chi connectivity index (χ1) is 12.8. The molecule has 0 N–H and O–H groups in total. The summed E-state index contributed by atoms with van der Waals surface area (Å²) in [6, 6.07) is 13.7. The van der Waals surface area contributed by atoms with Gasteiger partial charge in [-0.1, -0.05) is 39.0 Å². The molecule has 3 rings (SSSR count). The molecule has 0 atom stereocenters. The van der Waals surface area contributed by atoms with Gasteiger partial charge < -0.3 is 19.1 Å². The minimum Gasteiger partial charge on any atom is -0.486 e. The van der Waals surface area contributed by atoms with Crippen LogP contribution in [0.15, 0.2) is 42.5 Å². The number of ether oxygens (including phenoxy) is 3. The second-order valence-corrected chi connectivity index (χ2v) is 7.79. The molecule has 5 nitrogen and oxygen atoms in total. The third-order valence-corrected chi connectivity index (χ3v) is 4.53. The van der Waals surface area contributed by atoms with Crippen LogP contribution < -0.4 is 14.2 Å². The Kier molecular flexibility index (Phi) is 5.59. The molecule has 0 spiro atoms. The number of carbonyl (C=O) groups excluding carboxylic acids is 1. The normalized spacial score (nSPS) is 13.2. The zero-order chi connectivity index (χ0) is 19.4. The van der Waals surface area contributed by atoms with Crippen LogP contribution in [-0.2, 0) is 16.8 Å². The van der Waals surface area contributed by atoms with E-state index < -0.39 is 0 Å². The van der Waals surface area contributed by atoms with E-state index in [1.807, 2.05) is 42.5 Å². The number of likely N-dealkylation sites (N-methyl/N-ethyl adjacent to an activating group) is 1. The molecular weight excluding hydrogens is 342 g/mol. The second-order valence-electron chi connectivity index (χ2n) is 7.79. The Morgan fingerprint density at radius 2 is 1.70 bits per heavy atom. The summed E-state index contributed by atoms with van der Waals surface area (Å²) in [4.78, 5) is 14.0. The van der Waals surface area contributed by atoms with Gasteiger partial charge in [0.2, 0.25) is 0 Å². The summed E-state index contributed by atoms with van der Waals surface area (Å²) in [7, 11) is 1.77. The first-order valence-electron chi connectivity index (χ1n) is 9.19. The molecule has 5 heteroatoms. The highest BCUT2D eigenvalue weighted by Crippen LogP contribution is 2.31. The number of carbonyl (C=O) groups is 1. The number of benzene rings is 2. The number of rotatable bonds is 5. The Labute approximate surface area is 160 Å². The number of nitrogens with zero attached hydrogens (tertiary/aromatic N) is 1. The fraction of sp³-hybridized carbons (Fsp3) is 0.409. The van der Waals surface area contributed by atoms with Crippen molar-refractivity contribution in [2.75, 3.05) is 26.9 Å². The van der Waals surface area contributed by atoms with Crippen molar-refractivity contribution in [3.8, 4) is 17.2 Å². The van der Waals surface area contributed by atoms with E-state index in [1.165, 1.54) is 5.56 Å². The summed E-state index contributed by atoms with van der Waals surface area (Å²) in [5, 5.41) is 0. The molecule has 0 radical (unpaired) electrons. The fourth-order valence-corrected chi connectivity index (χ4v) is 2.85. The molecule has 1 amide bonds. The highest BCUT2D eigenvalue weighted by Gasteiger charge is 2.16. The maximum Gasteiger partial charge on any atom is 0.260 e. The highest BCUT2D eigenvalue weighted by atomic mass is 16.6. The maximum atomic E-state index is 12.4. The Morgan fingerprint density at radius 1 is 1.04 bits per heavy atom. The van der Waals surface area contributed by atoms with Gasteiger partial charge in [0.1, 0.15) is 19.0 Å². The number of fused-ring (bicyclic) bond motifs is 1. The van der Waals surface area contributed by atoms with E-state index in [4.69, 9.17) is 14.2 Å². The van der Waals surface area contributed by atoms with E-state index in [2.05, 4.69) is 20.8 Å². The Hall–Kier alpha value is -2.69. The van der Waals surface area contributed by atoms with Crippen LogP contribution in [0.5, 0.6) is 17.2 Å². The Bertz CT molecular complexity index is 793. The predicted molar refractivity (Wildman–Crippen MR) is 105 cm³/mol. The third kappa shape index (κ3) is 4.94. The average Bonchev–Trinajstić information content (AvgIpc) is 2.65. The molecule has 2 aromatic rings. The van der Waals surface area contributed by atoms with Crippen LogP contribution in [0.3, 0.4) is 0 Å². The van der Waals surface area contributed by atoms with E-state index in [0.717, 1.165) is 17.1 Å². The van der Waals surface area contributed by atoms with Gasteiger partial charge in [0, 0.05) is 13.6 Å². The first kappa shape index (κ1) is 19.1. The zero-order valence-electron chi connectivity index (χ0n) is 16.5. The molecule has 0 fully saturated rings. The van der Waals surface area contributed by atoms with E-state index in [9.17, 15) is 4.79 Å². The topological polar surface area (TPSA) is 48.0 Å². The van der Waals surface area contributed by atoms with Crippen LogP contribution in [0.25, 0.3) is 0 Å². The van der Waals surface area contributed by atoms with Gasteiger partial charge in [-0.05, 0) is 40.8 Å². The number of hydrogen-bond donors (Lipinski definition) is 0. The quantitative estimate of drug-likeness (QED) is 0.804. The summed E-state index contributed by atoms with van der Waals surface area (Å²) in [5.41, 5.74) is 2.32. The van der Waals surface area contributed by atoms with E-state index in [0.29, 0.717) is 25.5 Å². The predicted octanol–water partition coefficient (Wildman–Crippen LogP) is 3.79. The van der Waals surface area contributed by atoms with Gasteiger partial charge in [-0.3, -0.25) is 4.79 Å². The largest absolute Gasteiger partial charge is 0.486 e. The fourth-order valence-electron chi connectivity index (χ4n) is 2.85. The lowest BCUT2D eigenvalue weighted by atomic mass is 9.87. The Balaban J connectivity index is 1.53. The maximum absolute atomic E-state index is 12.4. The first-order valence-corrected chi connectivity index (χ1v) is 9.19. The van der Waals surface area contributed by atoms with Crippen molar-refractivity contribution < 1.29 is 19.0 Å². The molecule has 27 heavy (non-hydrogen) atoms. The summed E-state index contributed by atoms with van der Waals surface area (Å²) < 4.78 is 16.8. The lowest BCUT2D eigenvalue weighted by Gasteiger charge is -2.21. The SMILES string of the molecule is CN(Cc1ccc2c(c1)OCCO2)C(=O)COc1ccc(C(C)(C)C)cc1. The molecule has 0 unspecified atom stereocenters. The van der Waals surface area contributed by atoms with Crippen molar-refractivity contribution in [3.05, 3.63) is 53.6 Å². The highest BCUT2D eigenvalue weighted by molar-refractivity contribution is 5.77. The molecule has 2 aromatic carbocycles. The Morgan fingerprint density at radius 3 is 2.37 bits per heavy atom. The van der Waals surface area contributed by atoms with Crippen LogP contribution in [0, 0.1) is 0 Å². The van der Waals surface area contributed by atoms with Crippen LogP contribution in [0.1, 0.15) is 31.9 Å². The van der Waals surface area contributed by atoms with Gasteiger partial charge in [-0.15, -0.1) is 0 Å². The van der Waals surface area contributed by atoms with Crippen molar-refractivity contribution in [3.63, 3.8) is 0 Å². The molecule has 0 aliphatic carbocycles. The van der Waals surface area contributed by atoms with Crippen molar-refractivity contribution in [2.24, 2.45) is 0 Å². The zero-order valence-corrected chi connectivity index (χ0v) is 16.5. The van der Waals surface area contributed by atoms with Gasteiger partial charge in [0.05, 0.1) is 0 Å². The molecule has 144 valence electrons. The van der Waals surface area contributed by atoms with Crippen LogP contribution in [0.2, 0.25) is 0 Å². The summed E-state index contributed by atoms with van der Waals surface area (Å²) in [6.07, 6.45) is 0. The average molecular weight is 369 g/mol. The third-order valence-electron chi connectivity index (χ3n) is 4.53. The second kappa shape index (κ2) is 7.91. The standard InChI is InChI=1S/C22H27NO4/c1-22(2,3)17-6-8-18(9-7-17)27-15-21(24)23(4)14-16-5-10-19-20(13-16)26-12-11-25-19/h5-10,13H,11-12,14-15H2,1-4H3. The molecular formula is C22H27NO4. The van der Waals surface area contributed by atoms with Gasteiger partial charge in [-0.25, -0.2) is 0 Å². The van der Waals surface area contributed by atoms with Crippen molar-refractivity contribution in [2.45, 2.75) is 32.7 Å². The molecule has 0 saturated carbocycles. The molecule has 1 aliphatic heterocycles. The summed E-state index contributed by atoms with van der Waals surface area (Å²) in [5.74, 6) is 2.10. The van der Waals surface area contributed by atoms with Crippen molar-refractivity contribution >= 4 is 5.91 Å². The van der Waals surface area contributed by atoms with E-state index >= 15 is 0 Å². The molecule has 1 aliphatic rings.